The van der Waals surface area contributed by atoms with E-state index in [0.29, 0.717) is 38.2 Å². The van der Waals surface area contributed by atoms with Crippen LogP contribution >= 0.6 is 0 Å². The minimum absolute atomic E-state index is 0.0943. The quantitative estimate of drug-likeness (QED) is 0.543. The standard InChI is InChI=1S/C22H24FN3O3/c23-18-5-3-4-16(14-18)15-25(19-8-9-19)22(27)17-10-12-24(13-11-17)20-6-1-2-7-21(20)26(28)29/h1-7,14,17,19H,8-13,15H2. The van der Waals surface area contributed by atoms with Crippen molar-refractivity contribution in [2.75, 3.05) is 18.0 Å². The molecule has 2 aromatic rings. The molecule has 1 heterocycles. The van der Waals surface area contributed by atoms with Gasteiger partial charge in [-0.1, -0.05) is 24.3 Å². The first kappa shape index (κ1) is 19.4. The number of nitro groups is 1. The molecule has 1 saturated heterocycles. The molecule has 2 aliphatic rings. The van der Waals surface area contributed by atoms with Crippen molar-refractivity contribution in [1.82, 2.24) is 4.90 Å². The molecule has 6 nitrogen and oxygen atoms in total. The van der Waals surface area contributed by atoms with Gasteiger partial charge in [-0.25, -0.2) is 4.39 Å². The number of carbonyl (C=O) groups excluding carboxylic acids is 1. The molecule has 1 aliphatic carbocycles. The highest BCUT2D eigenvalue weighted by Gasteiger charge is 2.37. The molecule has 0 spiro atoms. The van der Waals surface area contributed by atoms with E-state index in [1.807, 2.05) is 15.9 Å². The van der Waals surface area contributed by atoms with E-state index in [9.17, 15) is 19.3 Å². The SMILES string of the molecule is O=C(C1CCN(c2ccccc2[N+](=O)[O-])CC1)N(Cc1cccc(F)c1)C1CC1. The lowest BCUT2D eigenvalue weighted by Gasteiger charge is -2.35. The Bertz CT molecular complexity index is 908. The summed E-state index contributed by atoms with van der Waals surface area (Å²) in [5.74, 6) is -0.259. The van der Waals surface area contributed by atoms with Gasteiger partial charge in [0.25, 0.3) is 5.69 Å². The Morgan fingerprint density at radius 3 is 2.48 bits per heavy atom. The summed E-state index contributed by atoms with van der Waals surface area (Å²) >= 11 is 0. The van der Waals surface area contributed by atoms with Gasteiger partial charge in [0.2, 0.25) is 5.91 Å². The van der Waals surface area contributed by atoms with E-state index in [1.165, 1.54) is 18.2 Å². The molecule has 1 amide bonds. The summed E-state index contributed by atoms with van der Waals surface area (Å²) in [6, 6.07) is 13.4. The van der Waals surface area contributed by atoms with Crippen LogP contribution in [0, 0.1) is 21.8 Å². The zero-order valence-corrected chi connectivity index (χ0v) is 16.2. The summed E-state index contributed by atoms with van der Waals surface area (Å²) in [5.41, 5.74) is 1.52. The van der Waals surface area contributed by atoms with Crippen LogP contribution in [-0.2, 0) is 11.3 Å². The number of nitro benzene ring substituents is 1. The first-order valence-corrected chi connectivity index (χ1v) is 10.1. The van der Waals surface area contributed by atoms with Crippen molar-refractivity contribution in [3.63, 3.8) is 0 Å². The summed E-state index contributed by atoms with van der Waals surface area (Å²) < 4.78 is 13.5. The van der Waals surface area contributed by atoms with Crippen LogP contribution in [0.4, 0.5) is 15.8 Å². The zero-order valence-electron chi connectivity index (χ0n) is 16.2. The minimum Gasteiger partial charge on any atom is -0.366 e. The third kappa shape index (κ3) is 4.39. The van der Waals surface area contributed by atoms with E-state index in [4.69, 9.17) is 0 Å². The van der Waals surface area contributed by atoms with E-state index in [1.54, 1.807) is 24.3 Å². The van der Waals surface area contributed by atoms with Crippen LogP contribution in [0.1, 0.15) is 31.2 Å². The topological polar surface area (TPSA) is 66.7 Å². The molecule has 0 radical (unpaired) electrons. The third-order valence-corrected chi connectivity index (χ3v) is 5.78. The molecule has 0 N–H and O–H groups in total. The first-order chi connectivity index (χ1) is 14.0. The number of halogens is 1. The van der Waals surface area contributed by atoms with Crippen molar-refractivity contribution < 1.29 is 14.1 Å². The second kappa shape index (κ2) is 8.19. The van der Waals surface area contributed by atoms with Gasteiger partial charge in [0, 0.05) is 37.7 Å². The molecule has 152 valence electrons. The molecular weight excluding hydrogens is 373 g/mol. The predicted molar refractivity (Wildman–Crippen MR) is 108 cm³/mol. The number of amides is 1. The summed E-state index contributed by atoms with van der Waals surface area (Å²) in [6.07, 6.45) is 3.32. The normalized spacial score (nSPS) is 17.2. The fourth-order valence-corrected chi connectivity index (χ4v) is 4.09. The average Bonchev–Trinajstić information content (AvgIpc) is 3.57. The smallest absolute Gasteiger partial charge is 0.292 e. The lowest BCUT2D eigenvalue weighted by molar-refractivity contribution is -0.384. The predicted octanol–water partition coefficient (Wildman–Crippen LogP) is 4.14. The first-order valence-electron chi connectivity index (χ1n) is 10.1. The van der Waals surface area contributed by atoms with Gasteiger partial charge in [0.05, 0.1) is 4.92 Å². The summed E-state index contributed by atoms with van der Waals surface area (Å²) in [6.45, 7) is 1.66. The molecule has 2 fully saturated rings. The highest BCUT2D eigenvalue weighted by atomic mass is 19.1. The Morgan fingerprint density at radius 1 is 1.10 bits per heavy atom. The summed E-state index contributed by atoms with van der Waals surface area (Å²) in [5, 5.41) is 11.3. The van der Waals surface area contributed by atoms with Gasteiger partial charge in [0.15, 0.2) is 0 Å². The molecule has 0 atom stereocenters. The number of piperidine rings is 1. The molecule has 1 aliphatic heterocycles. The number of nitrogens with zero attached hydrogens (tertiary/aromatic N) is 3. The lowest BCUT2D eigenvalue weighted by Crippen LogP contribution is -2.43. The van der Waals surface area contributed by atoms with Crippen LogP contribution in [0.3, 0.4) is 0 Å². The Kier molecular flexibility index (Phi) is 5.47. The van der Waals surface area contributed by atoms with Gasteiger partial charge >= 0.3 is 0 Å². The maximum atomic E-state index is 13.5. The van der Waals surface area contributed by atoms with E-state index in [2.05, 4.69) is 0 Å². The number of benzene rings is 2. The summed E-state index contributed by atoms with van der Waals surface area (Å²) in [7, 11) is 0. The Morgan fingerprint density at radius 2 is 1.83 bits per heavy atom. The molecule has 2 aromatic carbocycles. The molecule has 29 heavy (non-hydrogen) atoms. The maximum Gasteiger partial charge on any atom is 0.292 e. The van der Waals surface area contributed by atoms with E-state index < -0.39 is 0 Å². The van der Waals surface area contributed by atoms with Crippen molar-refractivity contribution in [2.24, 2.45) is 5.92 Å². The van der Waals surface area contributed by atoms with Gasteiger partial charge in [0.1, 0.15) is 11.5 Å². The molecule has 1 saturated carbocycles. The molecule has 7 heteroatoms. The Balaban J connectivity index is 1.42. The van der Waals surface area contributed by atoms with Gasteiger partial charge in [-0.05, 0) is 49.4 Å². The second-order valence-electron chi connectivity index (χ2n) is 7.83. The van der Waals surface area contributed by atoms with Crippen LogP contribution in [0.25, 0.3) is 0 Å². The van der Waals surface area contributed by atoms with E-state index >= 15 is 0 Å². The van der Waals surface area contributed by atoms with Crippen LogP contribution in [0.15, 0.2) is 48.5 Å². The average molecular weight is 397 g/mol. The molecular formula is C22H24FN3O3. The molecule has 4 rings (SSSR count). The molecule has 0 bridgehead atoms. The number of anilines is 1. The third-order valence-electron chi connectivity index (χ3n) is 5.78. The van der Waals surface area contributed by atoms with Gasteiger partial charge in [-0.15, -0.1) is 0 Å². The number of hydrogen-bond donors (Lipinski definition) is 0. The van der Waals surface area contributed by atoms with Crippen LogP contribution < -0.4 is 4.90 Å². The number of hydrogen-bond acceptors (Lipinski definition) is 4. The van der Waals surface area contributed by atoms with Crippen molar-refractivity contribution in [3.8, 4) is 0 Å². The highest BCUT2D eigenvalue weighted by Crippen LogP contribution is 2.34. The monoisotopic (exact) mass is 397 g/mol. The van der Waals surface area contributed by atoms with Crippen molar-refractivity contribution in [3.05, 3.63) is 70.0 Å². The lowest BCUT2D eigenvalue weighted by atomic mass is 9.94. The molecule has 0 aromatic heterocycles. The van der Waals surface area contributed by atoms with Crippen LogP contribution in [0.2, 0.25) is 0 Å². The van der Waals surface area contributed by atoms with E-state index in [-0.39, 0.29) is 34.3 Å². The number of carbonyl (C=O) groups is 1. The fraction of sp³-hybridized carbons (Fsp3) is 0.409. The van der Waals surface area contributed by atoms with Crippen LogP contribution in [-0.4, -0.2) is 34.9 Å². The van der Waals surface area contributed by atoms with Crippen molar-refractivity contribution in [2.45, 2.75) is 38.3 Å². The maximum absolute atomic E-state index is 13.5. The largest absolute Gasteiger partial charge is 0.366 e. The number of rotatable bonds is 6. The highest BCUT2D eigenvalue weighted by molar-refractivity contribution is 5.80. The number of para-hydroxylation sites is 2. The van der Waals surface area contributed by atoms with Gasteiger partial charge in [-0.2, -0.15) is 0 Å². The van der Waals surface area contributed by atoms with Gasteiger partial charge in [-0.3, -0.25) is 14.9 Å². The molecule has 0 unspecified atom stereocenters. The fourth-order valence-electron chi connectivity index (χ4n) is 4.09. The Hall–Kier alpha value is -2.96. The van der Waals surface area contributed by atoms with Crippen molar-refractivity contribution >= 4 is 17.3 Å². The van der Waals surface area contributed by atoms with E-state index in [0.717, 1.165) is 18.4 Å². The van der Waals surface area contributed by atoms with Crippen molar-refractivity contribution in [1.29, 1.82) is 0 Å². The minimum atomic E-state index is -0.361. The van der Waals surface area contributed by atoms with Gasteiger partial charge < -0.3 is 9.80 Å². The Labute approximate surface area is 169 Å². The summed E-state index contributed by atoms with van der Waals surface area (Å²) in [4.78, 5) is 28.0. The van der Waals surface area contributed by atoms with Crippen LogP contribution in [0.5, 0.6) is 0 Å². The second-order valence-corrected chi connectivity index (χ2v) is 7.83. The zero-order chi connectivity index (χ0) is 20.4.